The van der Waals surface area contributed by atoms with Gasteiger partial charge in [0.2, 0.25) is 11.6 Å². The van der Waals surface area contributed by atoms with Crippen LogP contribution in [0.1, 0.15) is 0 Å². The molecule has 8 heteroatoms. The summed E-state index contributed by atoms with van der Waals surface area (Å²) in [7, 11) is 0. The third kappa shape index (κ3) is 4.89. The molecule has 258 valence electrons. The van der Waals surface area contributed by atoms with Crippen molar-refractivity contribution in [3.63, 3.8) is 0 Å². The summed E-state index contributed by atoms with van der Waals surface area (Å²) in [5, 5.41) is 2.16. The molecule has 0 spiro atoms. The molecule has 0 saturated heterocycles. The van der Waals surface area contributed by atoms with Gasteiger partial charge in [-0.05, 0) is 65.7 Å². The summed E-state index contributed by atoms with van der Waals surface area (Å²) < 4.78 is 5.89. The van der Waals surface area contributed by atoms with Crippen LogP contribution in [0.3, 0.4) is 0 Å². The van der Waals surface area contributed by atoms with Gasteiger partial charge in [0.15, 0.2) is 11.6 Å². The first kappa shape index (κ1) is 30.9. The van der Waals surface area contributed by atoms with Gasteiger partial charge in [-0.15, -0.1) is 0 Å². The number of fused-ring (bicyclic) bond motifs is 8. The number of aromatic nitrogens is 7. The van der Waals surface area contributed by atoms with Gasteiger partial charge in [0.25, 0.3) is 5.56 Å². The summed E-state index contributed by atoms with van der Waals surface area (Å²) in [4.78, 5) is 34.0. The molecule has 0 bridgehead atoms. The van der Waals surface area contributed by atoms with E-state index >= 15 is 0 Å². The average Bonchev–Trinajstić information content (AvgIpc) is 3.81. The van der Waals surface area contributed by atoms with E-state index < -0.39 is 0 Å². The lowest BCUT2D eigenvalue weighted by molar-refractivity contribution is 0.953. The van der Waals surface area contributed by atoms with E-state index in [1.54, 1.807) is 4.57 Å². The molecule has 4 aromatic heterocycles. The van der Waals surface area contributed by atoms with Crippen molar-refractivity contribution in [2.45, 2.75) is 0 Å². The van der Waals surface area contributed by atoms with Crippen molar-refractivity contribution in [1.29, 1.82) is 0 Å². The van der Waals surface area contributed by atoms with Crippen molar-refractivity contribution >= 4 is 49.5 Å². The molecule has 0 saturated carbocycles. The lowest BCUT2D eigenvalue weighted by atomic mass is 10.0. The van der Waals surface area contributed by atoms with Gasteiger partial charge < -0.3 is 0 Å². The maximum absolute atomic E-state index is 14.1. The molecule has 0 radical (unpaired) electrons. The molecule has 11 rings (SSSR count). The van der Waals surface area contributed by atoms with Crippen molar-refractivity contribution < 1.29 is 0 Å². The highest BCUT2D eigenvalue weighted by Gasteiger charge is 2.20. The number of para-hydroxylation sites is 4. The fraction of sp³-hybridized carbons (Fsp3) is 0. The van der Waals surface area contributed by atoms with Crippen LogP contribution in [0, 0.1) is 0 Å². The standard InChI is InChI=1S/C47H29N7O/c55-46-45-48-37-21-11-13-23-40(37)53(45)42-29-33(25-27-41(42)52(46)34-18-8-3-9-19-34)32-24-26-39-36(28-32)35-20-10-12-22-38(35)54(39)47-50-43(30-14-4-1-5-15-30)49-44(51-47)31-16-6-2-7-17-31/h1-29H. The van der Waals surface area contributed by atoms with E-state index in [0.29, 0.717) is 23.2 Å². The summed E-state index contributed by atoms with van der Waals surface area (Å²) in [5.41, 5.74) is 10.2. The molecule has 0 aliphatic carbocycles. The summed E-state index contributed by atoms with van der Waals surface area (Å²) in [6.45, 7) is 0. The minimum Gasteiger partial charge on any atom is -0.286 e. The van der Waals surface area contributed by atoms with E-state index in [4.69, 9.17) is 19.9 Å². The number of hydrogen-bond donors (Lipinski definition) is 0. The van der Waals surface area contributed by atoms with Crippen LogP contribution in [0.15, 0.2) is 181 Å². The number of rotatable bonds is 5. The van der Waals surface area contributed by atoms with E-state index in [9.17, 15) is 4.79 Å². The molecule has 0 fully saturated rings. The Morgan fingerprint density at radius 3 is 1.65 bits per heavy atom. The Hall–Kier alpha value is -7.71. The van der Waals surface area contributed by atoms with E-state index in [-0.39, 0.29) is 5.56 Å². The Labute approximate surface area is 313 Å². The zero-order valence-electron chi connectivity index (χ0n) is 29.3. The molecule has 4 heterocycles. The number of hydrogen-bond acceptors (Lipinski definition) is 5. The van der Waals surface area contributed by atoms with Gasteiger partial charge in [0, 0.05) is 27.6 Å². The molecule has 11 aromatic rings. The fourth-order valence-electron chi connectivity index (χ4n) is 7.79. The first-order valence-electron chi connectivity index (χ1n) is 18.1. The van der Waals surface area contributed by atoms with Gasteiger partial charge in [-0.3, -0.25) is 18.3 Å². The zero-order valence-corrected chi connectivity index (χ0v) is 29.3. The van der Waals surface area contributed by atoms with Gasteiger partial charge >= 0.3 is 0 Å². The molecule has 8 nitrogen and oxygen atoms in total. The Kier molecular flexibility index (Phi) is 6.84. The maximum Gasteiger partial charge on any atom is 0.299 e. The topological polar surface area (TPSA) is 82.9 Å². The zero-order chi connectivity index (χ0) is 36.5. The molecule has 0 N–H and O–H groups in total. The smallest absolute Gasteiger partial charge is 0.286 e. The van der Waals surface area contributed by atoms with Gasteiger partial charge in [0.1, 0.15) is 0 Å². The quantitative estimate of drug-likeness (QED) is 0.178. The SMILES string of the molecule is O=c1c2nc3ccccc3n2c2cc(-c3ccc4c(c3)c3ccccc3n4-c3nc(-c4ccccc4)nc(-c4ccccc4)n3)ccc2n1-c1ccccc1. The van der Waals surface area contributed by atoms with Crippen LogP contribution < -0.4 is 5.56 Å². The van der Waals surface area contributed by atoms with E-state index in [1.807, 2.05) is 132 Å². The van der Waals surface area contributed by atoms with Gasteiger partial charge in [-0.2, -0.15) is 9.97 Å². The summed E-state index contributed by atoms with van der Waals surface area (Å²) >= 11 is 0. The van der Waals surface area contributed by atoms with Gasteiger partial charge in [0.05, 0.1) is 33.1 Å². The van der Waals surface area contributed by atoms with E-state index in [1.165, 1.54) is 0 Å². The monoisotopic (exact) mass is 707 g/mol. The lowest BCUT2D eigenvalue weighted by Crippen LogP contribution is -2.21. The van der Waals surface area contributed by atoms with Crippen LogP contribution in [-0.2, 0) is 0 Å². The van der Waals surface area contributed by atoms with Crippen molar-refractivity contribution in [3.8, 4) is 45.5 Å². The first-order chi connectivity index (χ1) is 27.2. The van der Waals surface area contributed by atoms with Crippen molar-refractivity contribution in [1.82, 2.24) is 33.5 Å². The van der Waals surface area contributed by atoms with Crippen molar-refractivity contribution in [3.05, 3.63) is 186 Å². The highest BCUT2D eigenvalue weighted by atomic mass is 16.1. The second-order valence-electron chi connectivity index (χ2n) is 13.5. The molecular weight excluding hydrogens is 679 g/mol. The maximum atomic E-state index is 14.1. The molecule has 0 atom stereocenters. The number of nitrogens with zero attached hydrogens (tertiary/aromatic N) is 7. The van der Waals surface area contributed by atoms with E-state index in [0.717, 1.165) is 71.8 Å². The predicted molar refractivity (Wildman–Crippen MR) is 220 cm³/mol. The highest BCUT2D eigenvalue weighted by Crippen LogP contribution is 2.36. The Balaban J connectivity index is 1.14. The van der Waals surface area contributed by atoms with Crippen LogP contribution in [0.2, 0.25) is 0 Å². The molecule has 0 unspecified atom stereocenters. The van der Waals surface area contributed by atoms with Crippen LogP contribution in [-0.4, -0.2) is 33.5 Å². The van der Waals surface area contributed by atoms with Gasteiger partial charge in [-0.25, -0.2) is 9.97 Å². The number of benzene rings is 7. The molecule has 0 aliphatic rings. The third-order valence-corrected chi connectivity index (χ3v) is 10.3. The minimum atomic E-state index is -0.166. The van der Waals surface area contributed by atoms with Gasteiger partial charge in [-0.1, -0.05) is 121 Å². The Morgan fingerprint density at radius 2 is 0.945 bits per heavy atom. The summed E-state index contributed by atoms with van der Waals surface area (Å²) in [5.74, 6) is 1.76. The minimum absolute atomic E-state index is 0.166. The summed E-state index contributed by atoms with van der Waals surface area (Å²) in [6, 6.07) is 58.9. The number of imidazole rings is 1. The van der Waals surface area contributed by atoms with Crippen LogP contribution in [0.5, 0.6) is 0 Å². The molecule has 0 amide bonds. The Bertz CT molecular complexity index is 3270. The second-order valence-corrected chi connectivity index (χ2v) is 13.5. The van der Waals surface area contributed by atoms with Crippen LogP contribution in [0.25, 0.3) is 95.1 Å². The van der Waals surface area contributed by atoms with E-state index in [2.05, 4.69) is 53.1 Å². The largest absolute Gasteiger partial charge is 0.299 e. The third-order valence-electron chi connectivity index (χ3n) is 10.3. The highest BCUT2D eigenvalue weighted by molar-refractivity contribution is 6.10. The van der Waals surface area contributed by atoms with Crippen LogP contribution >= 0.6 is 0 Å². The molecule has 55 heavy (non-hydrogen) atoms. The van der Waals surface area contributed by atoms with Crippen molar-refractivity contribution in [2.24, 2.45) is 0 Å². The predicted octanol–water partition coefficient (Wildman–Crippen LogP) is 10.1. The molecule has 0 aliphatic heterocycles. The Morgan fingerprint density at radius 1 is 0.382 bits per heavy atom. The normalized spacial score (nSPS) is 11.7. The second kappa shape index (κ2) is 12.2. The molecule has 7 aromatic carbocycles. The fourth-order valence-corrected chi connectivity index (χ4v) is 7.79. The lowest BCUT2D eigenvalue weighted by Gasteiger charge is -2.14. The molecular formula is C47H29N7O. The van der Waals surface area contributed by atoms with Crippen molar-refractivity contribution in [2.75, 3.05) is 0 Å². The summed E-state index contributed by atoms with van der Waals surface area (Å²) in [6.07, 6.45) is 0. The van der Waals surface area contributed by atoms with Crippen LogP contribution in [0.4, 0.5) is 0 Å². The average molecular weight is 708 g/mol. The first-order valence-corrected chi connectivity index (χ1v) is 18.1.